The van der Waals surface area contributed by atoms with Crippen molar-refractivity contribution in [3.8, 4) is 0 Å². The summed E-state index contributed by atoms with van der Waals surface area (Å²) in [6.07, 6.45) is -4.64. The van der Waals surface area contributed by atoms with Crippen LogP contribution in [0.25, 0.3) is 0 Å². The summed E-state index contributed by atoms with van der Waals surface area (Å²) in [6, 6.07) is 0. The van der Waals surface area contributed by atoms with E-state index >= 15 is 0 Å². The van der Waals surface area contributed by atoms with Crippen molar-refractivity contribution in [1.29, 1.82) is 0 Å². The van der Waals surface area contributed by atoms with Gasteiger partial charge in [0, 0.05) is 0 Å². The van der Waals surface area contributed by atoms with E-state index in [0.717, 1.165) is 6.08 Å². The predicted molar refractivity (Wildman–Crippen MR) is 50.9 cm³/mol. The molecule has 0 heterocycles. The fourth-order valence-electron chi connectivity index (χ4n) is 0.954. The van der Waals surface area contributed by atoms with E-state index in [4.69, 9.17) is 10.2 Å². The Hall–Kier alpha value is -0.790. The Labute approximate surface area is 87.1 Å². The zero-order chi connectivity index (χ0) is 12.0. The van der Waals surface area contributed by atoms with Gasteiger partial charge < -0.3 is 25.5 Å². The fourth-order valence-corrected chi connectivity index (χ4v) is 0.954. The van der Waals surface area contributed by atoms with Crippen molar-refractivity contribution in [3.63, 3.8) is 0 Å². The molecule has 6 nitrogen and oxygen atoms in total. The molecule has 0 saturated carbocycles. The summed E-state index contributed by atoms with van der Waals surface area (Å²) in [5.74, 6) is -0.783. The van der Waals surface area contributed by atoms with Crippen LogP contribution in [0.2, 0.25) is 0 Å². The van der Waals surface area contributed by atoms with Gasteiger partial charge in [0.25, 0.3) is 0 Å². The first kappa shape index (κ1) is 14.2. The Morgan fingerprint density at radius 3 is 2.13 bits per heavy atom. The average Bonchev–Trinajstić information content (AvgIpc) is 2.25. The molecule has 0 fully saturated rings. The molecule has 4 atom stereocenters. The van der Waals surface area contributed by atoms with E-state index in [2.05, 4.69) is 0 Å². The minimum absolute atomic E-state index is 0.775. The van der Waals surface area contributed by atoms with Crippen LogP contribution in [0.4, 0.5) is 0 Å². The Kier molecular flexibility index (Phi) is 6.30. The van der Waals surface area contributed by atoms with Crippen molar-refractivity contribution >= 4 is 5.78 Å². The molecule has 6 heteroatoms. The quantitative estimate of drug-likeness (QED) is 0.318. The molecule has 0 rings (SSSR count). The van der Waals surface area contributed by atoms with Gasteiger partial charge in [-0.25, -0.2) is 0 Å². The summed E-state index contributed by atoms with van der Waals surface area (Å²) in [5, 5.41) is 45.1. The van der Waals surface area contributed by atoms with Crippen molar-refractivity contribution in [2.24, 2.45) is 0 Å². The normalized spacial score (nSPS) is 19.9. The molecule has 0 aromatic rings. The van der Waals surface area contributed by atoms with Gasteiger partial charge in [-0.3, -0.25) is 4.79 Å². The minimum atomic E-state index is -1.84. The van der Waals surface area contributed by atoms with E-state index in [9.17, 15) is 20.1 Å². The maximum Gasteiger partial charge on any atom is 0.186 e. The topological polar surface area (TPSA) is 118 Å². The van der Waals surface area contributed by atoms with E-state index in [-0.39, 0.29) is 0 Å². The van der Waals surface area contributed by atoms with Gasteiger partial charge in [-0.2, -0.15) is 0 Å². The highest BCUT2D eigenvalue weighted by molar-refractivity contribution is 5.93. The zero-order valence-electron chi connectivity index (χ0n) is 8.32. The SMILES string of the molecule is C/C=C/C(=O)[C@H](O)[C@@H](O)[C@H](O)C(O)CO. The van der Waals surface area contributed by atoms with Crippen LogP contribution in [0.1, 0.15) is 6.92 Å². The van der Waals surface area contributed by atoms with Crippen LogP contribution in [0.5, 0.6) is 0 Å². The minimum Gasteiger partial charge on any atom is -0.394 e. The first-order valence-corrected chi connectivity index (χ1v) is 4.45. The second kappa shape index (κ2) is 6.65. The van der Waals surface area contributed by atoms with Crippen molar-refractivity contribution < 1.29 is 30.3 Å². The molecule has 0 saturated heterocycles. The molecule has 5 N–H and O–H groups in total. The summed E-state index contributed by atoms with van der Waals surface area (Å²) in [4.78, 5) is 11.0. The molecule has 88 valence electrons. The van der Waals surface area contributed by atoms with E-state index in [1.807, 2.05) is 0 Å². The van der Waals surface area contributed by atoms with Gasteiger partial charge in [0.1, 0.15) is 24.4 Å². The van der Waals surface area contributed by atoms with Gasteiger partial charge in [0.15, 0.2) is 5.78 Å². The van der Waals surface area contributed by atoms with Crippen LogP contribution in [-0.4, -0.2) is 62.3 Å². The molecule has 0 radical (unpaired) electrons. The molecule has 0 aliphatic carbocycles. The number of ketones is 1. The van der Waals surface area contributed by atoms with Gasteiger partial charge in [-0.15, -0.1) is 0 Å². The molecular weight excluding hydrogens is 204 g/mol. The number of carbonyl (C=O) groups excluding carboxylic acids is 1. The highest BCUT2D eigenvalue weighted by Gasteiger charge is 2.32. The number of rotatable bonds is 6. The lowest BCUT2D eigenvalue weighted by Gasteiger charge is -2.24. The maximum atomic E-state index is 11.0. The number of aliphatic hydroxyl groups is 5. The Balaban J connectivity index is 4.42. The number of aliphatic hydroxyl groups excluding tert-OH is 5. The van der Waals surface area contributed by atoms with Crippen LogP contribution in [0, 0.1) is 0 Å². The van der Waals surface area contributed by atoms with Gasteiger partial charge in [-0.1, -0.05) is 6.08 Å². The third kappa shape index (κ3) is 4.06. The lowest BCUT2D eigenvalue weighted by Crippen LogP contribution is -2.48. The highest BCUT2D eigenvalue weighted by Crippen LogP contribution is 2.06. The molecule has 15 heavy (non-hydrogen) atoms. The summed E-state index contributed by atoms with van der Waals surface area (Å²) < 4.78 is 0. The van der Waals surface area contributed by atoms with Gasteiger partial charge in [0.2, 0.25) is 0 Å². The average molecular weight is 220 g/mol. The summed E-state index contributed by atoms with van der Waals surface area (Å²) >= 11 is 0. The Morgan fingerprint density at radius 2 is 1.73 bits per heavy atom. The summed E-state index contributed by atoms with van der Waals surface area (Å²) in [7, 11) is 0. The Bertz CT molecular complexity index is 227. The third-order valence-electron chi connectivity index (χ3n) is 1.88. The predicted octanol–water partition coefficient (Wildman–Crippen LogP) is -2.43. The van der Waals surface area contributed by atoms with Crippen LogP contribution < -0.4 is 0 Å². The van der Waals surface area contributed by atoms with Gasteiger partial charge >= 0.3 is 0 Å². The maximum absolute atomic E-state index is 11.0. The van der Waals surface area contributed by atoms with Crippen molar-refractivity contribution in [3.05, 3.63) is 12.2 Å². The lowest BCUT2D eigenvalue weighted by atomic mass is 10.0. The molecular formula is C9H16O6. The van der Waals surface area contributed by atoms with Gasteiger partial charge in [-0.05, 0) is 13.0 Å². The summed E-state index contributed by atoms with van der Waals surface area (Å²) in [6.45, 7) is 0.777. The van der Waals surface area contributed by atoms with E-state index in [0.29, 0.717) is 0 Å². The molecule has 1 unspecified atom stereocenters. The molecule has 0 aliphatic heterocycles. The van der Waals surface area contributed by atoms with Gasteiger partial charge in [0.05, 0.1) is 6.61 Å². The molecule has 0 aliphatic rings. The molecule has 0 aromatic heterocycles. The van der Waals surface area contributed by atoms with Crippen LogP contribution in [-0.2, 0) is 4.79 Å². The van der Waals surface area contributed by atoms with Crippen molar-refractivity contribution in [1.82, 2.24) is 0 Å². The van der Waals surface area contributed by atoms with Crippen LogP contribution in [0.3, 0.4) is 0 Å². The lowest BCUT2D eigenvalue weighted by molar-refractivity contribution is -0.142. The molecule has 0 spiro atoms. The van der Waals surface area contributed by atoms with E-state index < -0.39 is 36.8 Å². The number of allylic oxidation sites excluding steroid dienone is 1. The van der Waals surface area contributed by atoms with E-state index in [1.54, 1.807) is 6.92 Å². The Morgan fingerprint density at radius 1 is 1.20 bits per heavy atom. The van der Waals surface area contributed by atoms with Crippen LogP contribution in [0.15, 0.2) is 12.2 Å². The summed E-state index contributed by atoms with van der Waals surface area (Å²) in [5.41, 5.74) is 0. The van der Waals surface area contributed by atoms with Crippen molar-refractivity contribution in [2.45, 2.75) is 31.3 Å². The first-order chi connectivity index (χ1) is 6.95. The third-order valence-corrected chi connectivity index (χ3v) is 1.88. The highest BCUT2D eigenvalue weighted by atomic mass is 16.4. The van der Waals surface area contributed by atoms with Crippen molar-refractivity contribution in [2.75, 3.05) is 6.61 Å². The zero-order valence-corrected chi connectivity index (χ0v) is 8.32. The second-order valence-electron chi connectivity index (χ2n) is 3.08. The largest absolute Gasteiger partial charge is 0.394 e. The van der Waals surface area contributed by atoms with E-state index in [1.165, 1.54) is 6.08 Å². The number of carbonyl (C=O) groups is 1. The number of hydrogen-bond donors (Lipinski definition) is 5. The van der Waals surface area contributed by atoms with Crippen LogP contribution >= 0.6 is 0 Å². The standard InChI is InChI=1S/C9H16O6/c1-2-3-5(11)7(13)9(15)8(14)6(12)4-10/h2-3,6-10,12-15H,4H2,1H3/b3-2+/t6?,7-,8+,9+/m0/s1. The smallest absolute Gasteiger partial charge is 0.186 e. The molecule has 0 aromatic carbocycles. The second-order valence-corrected chi connectivity index (χ2v) is 3.08. The molecule has 0 amide bonds. The molecule has 0 bridgehead atoms. The number of hydrogen-bond acceptors (Lipinski definition) is 6. The monoisotopic (exact) mass is 220 g/mol. The first-order valence-electron chi connectivity index (χ1n) is 4.45. The fraction of sp³-hybridized carbons (Fsp3) is 0.667.